The third kappa shape index (κ3) is 3.69. The van der Waals surface area contributed by atoms with Crippen LogP contribution < -0.4 is 4.72 Å². The molecule has 0 aliphatic carbocycles. The van der Waals surface area contributed by atoms with Crippen LogP contribution in [0.5, 0.6) is 0 Å². The normalized spacial score (nSPS) is 13.1. The minimum absolute atomic E-state index is 0.294. The van der Waals surface area contributed by atoms with Crippen molar-refractivity contribution in [1.29, 1.82) is 0 Å². The number of hydrogen-bond acceptors (Lipinski definition) is 2. The molecule has 1 N–H and O–H groups in total. The van der Waals surface area contributed by atoms with Crippen LogP contribution in [-0.2, 0) is 10.0 Å². The Kier molecular flexibility index (Phi) is 4.93. The van der Waals surface area contributed by atoms with Gasteiger partial charge in [0.1, 0.15) is 0 Å². The zero-order valence-electron chi connectivity index (χ0n) is 12.3. The molecule has 0 heterocycles. The number of benzene rings is 2. The van der Waals surface area contributed by atoms with Crippen LogP contribution in [0.25, 0.3) is 0 Å². The fourth-order valence-corrected chi connectivity index (χ4v) is 3.40. The number of sulfonamides is 1. The molecule has 0 saturated heterocycles. The van der Waals surface area contributed by atoms with E-state index in [9.17, 15) is 17.2 Å². The summed E-state index contributed by atoms with van der Waals surface area (Å²) < 4.78 is 53.3. The Hall–Kier alpha value is -1.79. The van der Waals surface area contributed by atoms with Gasteiger partial charge in [0.2, 0.25) is 10.0 Å². The average Bonchev–Trinajstić information content (AvgIpc) is 2.48. The van der Waals surface area contributed by atoms with Gasteiger partial charge in [0.05, 0.1) is 4.90 Å². The fraction of sp³-hybridized carbons (Fsp3) is 0.250. The molecular weight excluding hydrogens is 308 g/mol. The molecule has 0 saturated carbocycles. The van der Waals surface area contributed by atoms with Gasteiger partial charge in [-0.2, -0.15) is 0 Å². The molecule has 2 aromatic carbocycles. The van der Waals surface area contributed by atoms with Crippen molar-refractivity contribution in [3.63, 3.8) is 0 Å². The Morgan fingerprint density at radius 3 is 2.23 bits per heavy atom. The number of halogens is 2. The van der Waals surface area contributed by atoms with E-state index < -0.39 is 27.7 Å². The average molecular weight is 325 g/mol. The summed E-state index contributed by atoms with van der Waals surface area (Å²) in [6.07, 6.45) is 0.534. The van der Waals surface area contributed by atoms with Crippen molar-refractivity contribution >= 4 is 10.0 Å². The maximum absolute atomic E-state index is 13.2. The Morgan fingerprint density at radius 2 is 1.68 bits per heavy atom. The molecule has 0 fully saturated rings. The van der Waals surface area contributed by atoms with Crippen LogP contribution in [0.15, 0.2) is 47.4 Å². The van der Waals surface area contributed by atoms with Gasteiger partial charge >= 0.3 is 0 Å². The molecule has 22 heavy (non-hydrogen) atoms. The van der Waals surface area contributed by atoms with E-state index in [-0.39, 0.29) is 4.90 Å². The Labute approximate surface area is 129 Å². The second kappa shape index (κ2) is 6.54. The van der Waals surface area contributed by atoms with Gasteiger partial charge in [-0.05, 0) is 37.1 Å². The molecule has 118 valence electrons. The maximum atomic E-state index is 13.2. The Bertz CT molecular complexity index is 758. The minimum atomic E-state index is -3.93. The van der Waals surface area contributed by atoms with E-state index in [0.29, 0.717) is 12.5 Å². The van der Waals surface area contributed by atoms with Crippen LogP contribution in [0, 0.1) is 18.6 Å². The van der Waals surface area contributed by atoms with Crippen molar-refractivity contribution in [2.75, 3.05) is 0 Å². The Balaban J connectivity index is 2.29. The number of aryl methyl sites for hydroxylation is 1. The van der Waals surface area contributed by atoms with E-state index in [0.717, 1.165) is 23.3 Å². The van der Waals surface area contributed by atoms with Crippen LogP contribution in [0.4, 0.5) is 8.78 Å². The largest absolute Gasteiger partial charge is 0.241 e. The van der Waals surface area contributed by atoms with Crippen LogP contribution in [0.2, 0.25) is 0 Å². The summed E-state index contributed by atoms with van der Waals surface area (Å²) in [6.45, 7) is 3.79. The van der Waals surface area contributed by atoms with Gasteiger partial charge in [-0.15, -0.1) is 0 Å². The molecule has 0 aliphatic rings. The first-order valence-corrected chi connectivity index (χ1v) is 8.35. The van der Waals surface area contributed by atoms with Crippen LogP contribution in [0.1, 0.15) is 30.5 Å². The van der Waals surface area contributed by atoms with Gasteiger partial charge in [-0.25, -0.2) is 21.9 Å². The van der Waals surface area contributed by atoms with Gasteiger partial charge in [-0.1, -0.05) is 36.8 Å². The van der Waals surface area contributed by atoms with Crippen molar-refractivity contribution in [2.24, 2.45) is 0 Å². The summed E-state index contributed by atoms with van der Waals surface area (Å²) in [5, 5.41) is 0. The van der Waals surface area contributed by atoms with Crippen molar-refractivity contribution in [3.8, 4) is 0 Å². The Morgan fingerprint density at radius 1 is 1.05 bits per heavy atom. The SMILES string of the molecule is CC[C@H](NS(=O)(=O)c1ccc(F)c(F)c1)c1ccc(C)cc1. The highest BCUT2D eigenvalue weighted by Crippen LogP contribution is 2.21. The summed E-state index contributed by atoms with van der Waals surface area (Å²) in [6, 6.07) is 9.57. The summed E-state index contributed by atoms with van der Waals surface area (Å²) in [7, 11) is -3.93. The van der Waals surface area contributed by atoms with E-state index >= 15 is 0 Å². The van der Waals surface area contributed by atoms with E-state index in [1.165, 1.54) is 0 Å². The molecule has 0 aliphatic heterocycles. The topological polar surface area (TPSA) is 46.2 Å². The highest BCUT2D eigenvalue weighted by Gasteiger charge is 2.21. The molecule has 0 spiro atoms. The van der Waals surface area contributed by atoms with Crippen molar-refractivity contribution in [1.82, 2.24) is 4.72 Å². The van der Waals surface area contributed by atoms with Crippen LogP contribution in [0.3, 0.4) is 0 Å². The van der Waals surface area contributed by atoms with E-state index in [2.05, 4.69) is 4.72 Å². The molecule has 2 rings (SSSR count). The fourth-order valence-electron chi connectivity index (χ4n) is 2.09. The molecular formula is C16H17F2NO2S. The molecule has 0 radical (unpaired) electrons. The van der Waals surface area contributed by atoms with Gasteiger partial charge in [0.15, 0.2) is 11.6 Å². The summed E-state index contributed by atoms with van der Waals surface area (Å²) in [4.78, 5) is -0.294. The van der Waals surface area contributed by atoms with Crippen molar-refractivity contribution in [2.45, 2.75) is 31.2 Å². The zero-order chi connectivity index (χ0) is 16.3. The lowest BCUT2D eigenvalue weighted by Crippen LogP contribution is -2.28. The highest BCUT2D eigenvalue weighted by atomic mass is 32.2. The number of hydrogen-bond donors (Lipinski definition) is 1. The lowest BCUT2D eigenvalue weighted by molar-refractivity contribution is 0.503. The van der Waals surface area contributed by atoms with Crippen molar-refractivity contribution in [3.05, 3.63) is 65.2 Å². The first kappa shape index (κ1) is 16.6. The molecule has 1 atom stereocenters. The molecule has 0 unspecified atom stereocenters. The molecule has 0 aromatic heterocycles. The predicted octanol–water partition coefficient (Wildman–Crippen LogP) is 3.70. The standard InChI is InChI=1S/C16H17F2NO2S/c1-3-16(12-6-4-11(2)5-7-12)19-22(20,21)13-8-9-14(17)15(18)10-13/h4-10,16,19H,3H2,1-2H3/t16-/m0/s1. The lowest BCUT2D eigenvalue weighted by Gasteiger charge is -2.18. The van der Waals surface area contributed by atoms with Crippen LogP contribution >= 0.6 is 0 Å². The molecule has 2 aromatic rings. The van der Waals surface area contributed by atoms with E-state index in [1.807, 2.05) is 38.1 Å². The molecule has 0 bridgehead atoms. The second-order valence-electron chi connectivity index (χ2n) is 5.07. The van der Waals surface area contributed by atoms with Gasteiger partial charge in [-0.3, -0.25) is 0 Å². The molecule has 3 nitrogen and oxygen atoms in total. The summed E-state index contributed by atoms with van der Waals surface area (Å²) >= 11 is 0. The second-order valence-corrected chi connectivity index (χ2v) is 6.78. The lowest BCUT2D eigenvalue weighted by atomic mass is 10.0. The smallest absolute Gasteiger partial charge is 0.207 e. The zero-order valence-corrected chi connectivity index (χ0v) is 13.1. The highest BCUT2D eigenvalue weighted by molar-refractivity contribution is 7.89. The summed E-state index contributed by atoms with van der Waals surface area (Å²) in [5.74, 6) is -2.27. The maximum Gasteiger partial charge on any atom is 0.241 e. The van der Waals surface area contributed by atoms with E-state index in [1.54, 1.807) is 0 Å². The van der Waals surface area contributed by atoms with E-state index in [4.69, 9.17) is 0 Å². The first-order chi connectivity index (χ1) is 10.3. The van der Waals surface area contributed by atoms with Gasteiger partial charge in [0, 0.05) is 6.04 Å². The third-order valence-corrected chi connectivity index (χ3v) is 4.86. The third-order valence-electron chi connectivity index (χ3n) is 3.39. The molecule has 0 amide bonds. The first-order valence-electron chi connectivity index (χ1n) is 6.87. The van der Waals surface area contributed by atoms with Gasteiger partial charge < -0.3 is 0 Å². The van der Waals surface area contributed by atoms with Gasteiger partial charge in [0.25, 0.3) is 0 Å². The number of rotatable bonds is 5. The predicted molar refractivity (Wildman–Crippen MR) is 80.9 cm³/mol. The minimum Gasteiger partial charge on any atom is -0.207 e. The number of nitrogens with one attached hydrogen (secondary N) is 1. The monoisotopic (exact) mass is 325 g/mol. The summed E-state index contributed by atoms with van der Waals surface area (Å²) in [5.41, 5.74) is 1.89. The van der Waals surface area contributed by atoms with Crippen LogP contribution in [-0.4, -0.2) is 8.42 Å². The van der Waals surface area contributed by atoms with Crippen molar-refractivity contribution < 1.29 is 17.2 Å². The quantitative estimate of drug-likeness (QED) is 0.911. The molecule has 6 heteroatoms.